The second-order valence-corrected chi connectivity index (χ2v) is 4.73. The van der Waals surface area contributed by atoms with Gasteiger partial charge in [0.25, 0.3) is 0 Å². The van der Waals surface area contributed by atoms with Crippen molar-refractivity contribution in [3.05, 3.63) is 29.8 Å². The molecule has 1 aromatic carbocycles. The Morgan fingerprint density at radius 1 is 1.24 bits per heavy atom. The Balaban J connectivity index is 2.21. The minimum atomic E-state index is 0.665. The zero-order valence-corrected chi connectivity index (χ0v) is 11.9. The summed E-state index contributed by atoms with van der Waals surface area (Å²) in [7, 11) is 0. The maximum atomic E-state index is 8.64. The number of benzene rings is 1. The zero-order chi connectivity index (χ0) is 12.3. The fourth-order valence-corrected chi connectivity index (χ4v) is 1.85. The number of nitrogens with one attached hydrogen (secondary N) is 1. The van der Waals surface area contributed by atoms with E-state index >= 15 is 0 Å². The third kappa shape index (κ3) is 6.27. The number of hydrogen-bond acceptors (Lipinski definition) is 3. The first-order valence-corrected chi connectivity index (χ1v) is 7.23. The van der Waals surface area contributed by atoms with E-state index < -0.39 is 0 Å². The minimum Gasteiger partial charge on any atom is -0.279 e. The van der Waals surface area contributed by atoms with Gasteiger partial charge in [0.1, 0.15) is 0 Å². The Morgan fingerprint density at radius 2 is 2.00 bits per heavy atom. The first kappa shape index (κ1) is 14.0. The summed E-state index contributed by atoms with van der Waals surface area (Å²) >= 11 is 2.40. The van der Waals surface area contributed by atoms with E-state index in [0.717, 1.165) is 12.1 Å². The highest BCUT2D eigenvalue weighted by Gasteiger charge is 1.90. The van der Waals surface area contributed by atoms with Crippen LogP contribution in [0.3, 0.4) is 0 Å². The molecule has 0 spiro atoms. The molecule has 90 valence electrons. The molecular formula is C13H16IN3. The summed E-state index contributed by atoms with van der Waals surface area (Å²) in [6.07, 6.45) is 6.68. The molecule has 1 aromatic rings. The van der Waals surface area contributed by atoms with Gasteiger partial charge in [0.2, 0.25) is 0 Å². The SMILES string of the molecule is N#Cc1ccc(N/N=C/CCCCCI)cc1. The van der Waals surface area contributed by atoms with E-state index in [2.05, 4.69) is 39.2 Å². The molecule has 0 aliphatic heterocycles. The van der Waals surface area contributed by atoms with Gasteiger partial charge in [-0.3, -0.25) is 5.43 Å². The third-order valence-electron chi connectivity index (χ3n) is 2.27. The van der Waals surface area contributed by atoms with Crippen LogP contribution >= 0.6 is 22.6 Å². The summed E-state index contributed by atoms with van der Waals surface area (Å²) in [5, 5.41) is 12.8. The molecule has 1 rings (SSSR count). The molecule has 0 bridgehead atoms. The van der Waals surface area contributed by atoms with Gasteiger partial charge in [-0.1, -0.05) is 29.0 Å². The van der Waals surface area contributed by atoms with Gasteiger partial charge in [-0.2, -0.15) is 10.4 Å². The maximum Gasteiger partial charge on any atom is 0.0991 e. The predicted molar refractivity (Wildman–Crippen MR) is 80.6 cm³/mol. The van der Waals surface area contributed by atoms with E-state index in [1.807, 2.05) is 18.3 Å². The van der Waals surface area contributed by atoms with Gasteiger partial charge in [-0.15, -0.1) is 0 Å². The van der Waals surface area contributed by atoms with Gasteiger partial charge in [-0.05, 0) is 48.0 Å². The molecule has 0 aromatic heterocycles. The van der Waals surface area contributed by atoms with Crippen molar-refractivity contribution in [2.75, 3.05) is 9.85 Å². The number of hydrazone groups is 1. The van der Waals surface area contributed by atoms with E-state index in [1.54, 1.807) is 12.1 Å². The molecule has 0 aliphatic carbocycles. The Morgan fingerprint density at radius 3 is 2.65 bits per heavy atom. The smallest absolute Gasteiger partial charge is 0.0991 e. The Bertz CT molecular complexity index is 379. The van der Waals surface area contributed by atoms with Crippen LogP contribution in [0.4, 0.5) is 5.69 Å². The first-order chi connectivity index (χ1) is 8.36. The molecule has 3 nitrogen and oxygen atoms in total. The molecule has 0 saturated carbocycles. The molecule has 1 N–H and O–H groups in total. The number of nitriles is 1. The molecule has 17 heavy (non-hydrogen) atoms. The number of unbranched alkanes of at least 4 members (excludes halogenated alkanes) is 3. The number of hydrogen-bond donors (Lipinski definition) is 1. The monoisotopic (exact) mass is 341 g/mol. The van der Waals surface area contributed by atoms with Gasteiger partial charge < -0.3 is 0 Å². The molecular weight excluding hydrogens is 325 g/mol. The largest absolute Gasteiger partial charge is 0.279 e. The van der Waals surface area contributed by atoms with E-state index in [-0.39, 0.29) is 0 Å². The van der Waals surface area contributed by atoms with Crippen molar-refractivity contribution in [3.63, 3.8) is 0 Å². The van der Waals surface area contributed by atoms with Crippen molar-refractivity contribution in [2.45, 2.75) is 25.7 Å². The molecule has 0 radical (unpaired) electrons. The molecule has 0 atom stereocenters. The molecule has 0 aliphatic rings. The second kappa shape index (κ2) is 8.99. The summed E-state index contributed by atoms with van der Waals surface area (Å²) in [5.74, 6) is 0. The lowest BCUT2D eigenvalue weighted by Gasteiger charge is -1.99. The minimum absolute atomic E-state index is 0.665. The molecule has 0 unspecified atom stereocenters. The molecule has 0 amide bonds. The molecule has 0 fully saturated rings. The van der Waals surface area contributed by atoms with Crippen LogP contribution in [0.15, 0.2) is 29.4 Å². The van der Waals surface area contributed by atoms with Gasteiger partial charge in [-0.25, -0.2) is 0 Å². The quantitative estimate of drug-likeness (QED) is 0.268. The molecule has 0 heterocycles. The highest BCUT2D eigenvalue weighted by molar-refractivity contribution is 14.1. The van der Waals surface area contributed by atoms with Crippen LogP contribution in [0.25, 0.3) is 0 Å². The maximum absolute atomic E-state index is 8.64. The standard InChI is InChI=1S/C13H16IN3/c14-9-3-1-2-4-10-16-17-13-7-5-12(11-15)6-8-13/h5-8,10,17H,1-4,9H2/b16-10+. The predicted octanol–water partition coefficient (Wildman–Crippen LogP) is 3.95. The molecule has 0 saturated heterocycles. The highest BCUT2D eigenvalue weighted by atomic mass is 127. The van der Waals surface area contributed by atoms with E-state index in [9.17, 15) is 0 Å². The first-order valence-electron chi connectivity index (χ1n) is 5.70. The van der Waals surface area contributed by atoms with Crippen LogP contribution in [0, 0.1) is 11.3 Å². The van der Waals surface area contributed by atoms with Gasteiger partial charge in [0, 0.05) is 6.21 Å². The molecule has 4 heteroatoms. The summed E-state index contributed by atoms with van der Waals surface area (Å²) < 4.78 is 1.23. The summed E-state index contributed by atoms with van der Waals surface area (Å²) in [4.78, 5) is 0. The highest BCUT2D eigenvalue weighted by Crippen LogP contribution is 2.08. The Kier molecular flexibility index (Phi) is 7.39. The fraction of sp³-hybridized carbons (Fsp3) is 0.385. The lowest BCUT2D eigenvalue weighted by molar-refractivity contribution is 0.757. The van der Waals surface area contributed by atoms with Crippen molar-refractivity contribution in [3.8, 4) is 6.07 Å². The van der Waals surface area contributed by atoms with Crippen molar-refractivity contribution in [1.29, 1.82) is 5.26 Å². The zero-order valence-electron chi connectivity index (χ0n) is 9.69. The third-order valence-corrected chi connectivity index (χ3v) is 3.03. The lowest BCUT2D eigenvalue weighted by Crippen LogP contribution is -1.89. The number of rotatable bonds is 7. The van der Waals surface area contributed by atoms with Crippen LogP contribution < -0.4 is 5.43 Å². The summed E-state index contributed by atoms with van der Waals surface area (Å²) in [6, 6.07) is 9.34. The lowest BCUT2D eigenvalue weighted by atomic mass is 10.2. The normalized spacial score (nSPS) is 10.4. The van der Waals surface area contributed by atoms with Crippen molar-refractivity contribution in [1.82, 2.24) is 0 Å². The van der Waals surface area contributed by atoms with Crippen LogP contribution in [-0.2, 0) is 0 Å². The number of anilines is 1. The average molecular weight is 341 g/mol. The number of alkyl halides is 1. The van der Waals surface area contributed by atoms with Gasteiger partial charge in [0.05, 0.1) is 17.3 Å². The van der Waals surface area contributed by atoms with Gasteiger partial charge >= 0.3 is 0 Å². The Labute approximate surface area is 116 Å². The van der Waals surface area contributed by atoms with Gasteiger partial charge in [0.15, 0.2) is 0 Å². The number of halogens is 1. The van der Waals surface area contributed by atoms with Crippen LogP contribution in [0.5, 0.6) is 0 Å². The van der Waals surface area contributed by atoms with Crippen LogP contribution in [0.1, 0.15) is 31.2 Å². The van der Waals surface area contributed by atoms with Crippen LogP contribution in [-0.4, -0.2) is 10.6 Å². The van der Waals surface area contributed by atoms with Crippen molar-refractivity contribution < 1.29 is 0 Å². The van der Waals surface area contributed by atoms with E-state index in [0.29, 0.717) is 5.56 Å². The van der Waals surface area contributed by atoms with E-state index in [1.165, 1.54) is 23.7 Å². The van der Waals surface area contributed by atoms with E-state index in [4.69, 9.17) is 5.26 Å². The van der Waals surface area contributed by atoms with Crippen LogP contribution in [0.2, 0.25) is 0 Å². The topological polar surface area (TPSA) is 48.2 Å². The average Bonchev–Trinajstić information content (AvgIpc) is 2.38. The summed E-state index contributed by atoms with van der Waals surface area (Å²) in [6.45, 7) is 0. The Hall–Kier alpha value is -1.09. The summed E-state index contributed by atoms with van der Waals surface area (Å²) in [5.41, 5.74) is 4.52. The van der Waals surface area contributed by atoms with Crippen molar-refractivity contribution >= 4 is 34.5 Å². The fourth-order valence-electron chi connectivity index (χ4n) is 1.31. The van der Waals surface area contributed by atoms with Crippen molar-refractivity contribution in [2.24, 2.45) is 5.10 Å². The second-order valence-electron chi connectivity index (χ2n) is 3.65. The number of nitrogens with zero attached hydrogens (tertiary/aromatic N) is 2.